The van der Waals surface area contributed by atoms with Crippen molar-refractivity contribution in [1.29, 1.82) is 0 Å². The smallest absolute Gasteiger partial charge is 0.0693 e. The van der Waals surface area contributed by atoms with Gasteiger partial charge in [-0.2, -0.15) is 0 Å². The molecular weight excluding hydrogens is 267 g/mol. The fraction of sp³-hybridized carbons (Fsp3) is 0.571. The Kier molecular flexibility index (Phi) is 3.44. The van der Waals surface area contributed by atoms with Crippen molar-refractivity contribution in [2.75, 3.05) is 12.3 Å². The molecule has 2 aliphatic carbocycles. The molecule has 0 spiro atoms. The number of rotatable bonds is 5. The lowest BCUT2D eigenvalue weighted by atomic mass is 10.2. The van der Waals surface area contributed by atoms with Crippen LogP contribution < -0.4 is 5.73 Å². The molecule has 18 heavy (non-hydrogen) atoms. The molecule has 0 radical (unpaired) electrons. The Hall–Kier alpha value is -0.440. The zero-order chi connectivity index (χ0) is 12.7. The number of hydrogen-bond donors (Lipinski definition) is 1. The summed E-state index contributed by atoms with van der Waals surface area (Å²) in [4.78, 5) is 2.58. The highest BCUT2D eigenvalue weighted by molar-refractivity contribution is 6.38. The average molecular weight is 285 g/mol. The van der Waals surface area contributed by atoms with Crippen LogP contribution in [-0.4, -0.2) is 17.5 Å². The molecule has 1 aromatic carbocycles. The molecule has 2 saturated carbocycles. The summed E-state index contributed by atoms with van der Waals surface area (Å²) in [6.45, 7) is 2.17. The predicted molar refractivity (Wildman–Crippen MR) is 77.0 cm³/mol. The van der Waals surface area contributed by atoms with Gasteiger partial charge in [0.15, 0.2) is 0 Å². The third-order valence-electron chi connectivity index (χ3n) is 3.78. The summed E-state index contributed by atoms with van der Waals surface area (Å²) < 4.78 is 0. The van der Waals surface area contributed by atoms with E-state index in [4.69, 9.17) is 28.9 Å². The first-order valence-electron chi connectivity index (χ1n) is 6.61. The van der Waals surface area contributed by atoms with Gasteiger partial charge in [0.2, 0.25) is 0 Å². The molecule has 3 rings (SSSR count). The first-order valence-corrected chi connectivity index (χ1v) is 7.36. The highest BCUT2D eigenvalue weighted by Gasteiger charge is 2.33. The van der Waals surface area contributed by atoms with Crippen molar-refractivity contribution >= 4 is 28.9 Å². The molecule has 0 aromatic heterocycles. The summed E-state index contributed by atoms with van der Waals surface area (Å²) in [5, 5.41) is 1.14. The number of anilines is 1. The molecule has 0 aliphatic heterocycles. The van der Waals surface area contributed by atoms with E-state index in [2.05, 4.69) is 4.90 Å². The van der Waals surface area contributed by atoms with E-state index in [9.17, 15) is 0 Å². The van der Waals surface area contributed by atoms with Crippen LogP contribution in [0.25, 0.3) is 0 Å². The number of hydrogen-bond acceptors (Lipinski definition) is 2. The molecule has 0 heterocycles. The zero-order valence-corrected chi connectivity index (χ0v) is 11.8. The molecule has 2 N–H and O–H groups in total. The van der Waals surface area contributed by atoms with Crippen molar-refractivity contribution in [2.24, 2.45) is 5.92 Å². The monoisotopic (exact) mass is 284 g/mol. The van der Waals surface area contributed by atoms with Gasteiger partial charge in [-0.3, -0.25) is 4.90 Å². The van der Waals surface area contributed by atoms with E-state index in [0.29, 0.717) is 15.7 Å². The predicted octanol–water partition coefficient (Wildman–Crippen LogP) is 3.95. The fourth-order valence-corrected chi connectivity index (χ4v) is 2.91. The summed E-state index contributed by atoms with van der Waals surface area (Å²) in [5.74, 6) is 0.922. The first-order chi connectivity index (χ1) is 8.63. The largest absolute Gasteiger partial charge is 0.396 e. The Morgan fingerprint density at radius 2 is 1.72 bits per heavy atom. The van der Waals surface area contributed by atoms with Gasteiger partial charge in [-0.25, -0.2) is 0 Å². The maximum Gasteiger partial charge on any atom is 0.0693 e. The number of nitrogens with two attached hydrogens (primary N) is 1. The minimum Gasteiger partial charge on any atom is -0.396 e. The van der Waals surface area contributed by atoms with Crippen molar-refractivity contribution in [1.82, 2.24) is 4.90 Å². The molecular formula is C14H18Cl2N2. The minimum atomic E-state index is 0.488. The van der Waals surface area contributed by atoms with Gasteiger partial charge < -0.3 is 5.73 Å². The Labute approximate surface area is 118 Å². The highest BCUT2D eigenvalue weighted by Crippen LogP contribution is 2.36. The van der Waals surface area contributed by atoms with Crippen molar-refractivity contribution < 1.29 is 0 Å². The molecule has 0 unspecified atom stereocenters. The van der Waals surface area contributed by atoms with Crippen LogP contribution >= 0.6 is 23.2 Å². The summed E-state index contributed by atoms with van der Waals surface area (Å²) in [6, 6.07) is 4.68. The highest BCUT2D eigenvalue weighted by atomic mass is 35.5. The second-order valence-corrected chi connectivity index (χ2v) is 6.39. The number of nitrogen functional groups attached to an aromatic ring is 1. The molecule has 2 nitrogen and oxygen atoms in total. The fourth-order valence-electron chi connectivity index (χ4n) is 2.38. The van der Waals surface area contributed by atoms with Crippen molar-refractivity contribution in [2.45, 2.75) is 38.3 Å². The number of halogens is 2. The van der Waals surface area contributed by atoms with Gasteiger partial charge in [0.1, 0.15) is 0 Å². The van der Waals surface area contributed by atoms with E-state index in [1.54, 1.807) is 0 Å². The molecule has 0 amide bonds. The van der Waals surface area contributed by atoms with E-state index in [1.165, 1.54) is 37.8 Å². The molecule has 0 bridgehead atoms. The second-order valence-electron chi connectivity index (χ2n) is 5.58. The van der Waals surface area contributed by atoms with Gasteiger partial charge in [0.25, 0.3) is 0 Å². The van der Waals surface area contributed by atoms with Gasteiger partial charge >= 0.3 is 0 Å². The van der Waals surface area contributed by atoms with Gasteiger partial charge in [-0.05, 0) is 49.3 Å². The maximum atomic E-state index is 6.09. The Morgan fingerprint density at radius 1 is 1.11 bits per heavy atom. The van der Waals surface area contributed by atoms with Gasteiger partial charge in [0, 0.05) is 19.1 Å². The molecule has 4 heteroatoms. The van der Waals surface area contributed by atoms with Crippen LogP contribution in [0.15, 0.2) is 12.1 Å². The molecule has 2 aliphatic rings. The number of benzene rings is 1. The van der Waals surface area contributed by atoms with Crippen LogP contribution in [0.1, 0.15) is 31.2 Å². The molecule has 2 fully saturated rings. The lowest BCUT2D eigenvalue weighted by molar-refractivity contribution is 0.244. The molecule has 98 valence electrons. The average Bonchev–Trinajstić information content (AvgIpc) is 3.15. The Morgan fingerprint density at radius 3 is 2.22 bits per heavy atom. The van der Waals surface area contributed by atoms with E-state index < -0.39 is 0 Å². The third kappa shape index (κ3) is 2.93. The quantitative estimate of drug-likeness (QED) is 0.830. The second kappa shape index (κ2) is 4.92. The van der Waals surface area contributed by atoms with Crippen molar-refractivity contribution in [3.8, 4) is 0 Å². The first kappa shape index (κ1) is 12.6. The third-order valence-corrected chi connectivity index (χ3v) is 4.40. The summed E-state index contributed by atoms with van der Waals surface area (Å²) >= 11 is 12.2. The van der Waals surface area contributed by atoms with E-state index in [0.717, 1.165) is 18.5 Å². The van der Waals surface area contributed by atoms with Crippen LogP contribution in [0.2, 0.25) is 10.0 Å². The normalized spacial score (nSPS) is 19.5. The van der Waals surface area contributed by atoms with Crippen molar-refractivity contribution in [3.05, 3.63) is 27.7 Å². The summed E-state index contributed by atoms with van der Waals surface area (Å²) in [7, 11) is 0. The van der Waals surface area contributed by atoms with Crippen LogP contribution in [-0.2, 0) is 6.54 Å². The minimum absolute atomic E-state index is 0.488. The SMILES string of the molecule is Nc1c(Cl)cc(CN(CC2CC2)C2CC2)cc1Cl. The lowest BCUT2D eigenvalue weighted by Crippen LogP contribution is -2.27. The van der Waals surface area contributed by atoms with E-state index >= 15 is 0 Å². The van der Waals surface area contributed by atoms with E-state index in [-0.39, 0.29) is 0 Å². The van der Waals surface area contributed by atoms with E-state index in [1.807, 2.05) is 12.1 Å². The molecule has 0 atom stereocenters. The van der Waals surface area contributed by atoms with Crippen LogP contribution in [0, 0.1) is 5.92 Å². The molecule has 0 saturated heterocycles. The Balaban J connectivity index is 1.72. The summed E-state index contributed by atoms with van der Waals surface area (Å²) in [5.41, 5.74) is 7.43. The number of nitrogens with zero attached hydrogens (tertiary/aromatic N) is 1. The van der Waals surface area contributed by atoms with Crippen LogP contribution in [0.4, 0.5) is 5.69 Å². The lowest BCUT2D eigenvalue weighted by Gasteiger charge is -2.22. The summed E-state index contributed by atoms with van der Waals surface area (Å²) in [6.07, 6.45) is 5.46. The zero-order valence-electron chi connectivity index (χ0n) is 10.3. The van der Waals surface area contributed by atoms with Crippen LogP contribution in [0.5, 0.6) is 0 Å². The standard InChI is InChI=1S/C14H18Cl2N2/c15-12-5-10(6-13(16)14(12)17)8-18(11-3-4-11)7-9-1-2-9/h5-6,9,11H,1-4,7-8,17H2. The topological polar surface area (TPSA) is 29.3 Å². The Bertz CT molecular complexity index is 430. The maximum absolute atomic E-state index is 6.09. The van der Waals surface area contributed by atoms with Crippen molar-refractivity contribution in [3.63, 3.8) is 0 Å². The van der Waals surface area contributed by atoms with Gasteiger partial charge in [-0.1, -0.05) is 23.2 Å². The van der Waals surface area contributed by atoms with Gasteiger partial charge in [0.05, 0.1) is 15.7 Å². The van der Waals surface area contributed by atoms with Gasteiger partial charge in [-0.15, -0.1) is 0 Å². The van der Waals surface area contributed by atoms with Crippen LogP contribution in [0.3, 0.4) is 0 Å². The molecule has 1 aromatic rings.